The number of thioether (sulfide) groups is 1. The molecule has 1 atom stereocenters. The summed E-state index contributed by atoms with van der Waals surface area (Å²) < 4.78 is 43.3. The second-order valence-electron chi connectivity index (χ2n) is 7.68. The monoisotopic (exact) mass is 464 g/mol. The van der Waals surface area contributed by atoms with Crippen LogP contribution in [0.3, 0.4) is 0 Å². The summed E-state index contributed by atoms with van der Waals surface area (Å²) >= 11 is 2.00. The van der Waals surface area contributed by atoms with Crippen molar-refractivity contribution in [2.24, 2.45) is 0 Å². The number of aliphatic carboxylic acids is 1. The number of carboxylic acid groups (broad SMARTS) is 1. The van der Waals surface area contributed by atoms with Gasteiger partial charge in [-0.2, -0.15) is 13.2 Å². The zero-order valence-corrected chi connectivity index (χ0v) is 18.5. The maximum absolute atomic E-state index is 11.6. The van der Waals surface area contributed by atoms with E-state index in [9.17, 15) is 18.0 Å². The Labute approximate surface area is 183 Å². The van der Waals surface area contributed by atoms with Crippen molar-refractivity contribution in [3.63, 3.8) is 0 Å². The second-order valence-corrected chi connectivity index (χ2v) is 9.17. The molecule has 7 nitrogen and oxygen atoms in total. The van der Waals surface area contributed by atoms with Crippen LogP contribution in [-0.4, -0.2) is 90.5 Å². The molecule has 1 spiro atoms. The standard InChI is InChI=1S/C18H26N2O3S.C2HF3O2/c1-19(2)17(21)10-23-15-8-18(24-11-15)12-20(13-18)9-14-6-4-5-7-16(14)22-3;3-2(4,5)1(6)7/h4-7,15H,8-13H2,1-3H3;(H,6,7). The average molecular weight is 465 g/mol. The number of halogens is 3. The van der Waals surface area contributed by atoms with Gasteiger partial charge < -0.3 is 19.5 Å². The Bertz CT molecular complexity index is 769. The number of alkyl halides is 3. The molecule has 1 aromatic rings. The number of nitrogens with zero attached hydrogens (tertiary/aromatic N) is 2. The number of methoxy groups -OCH3 is 1. The normalized spacial score (nSPS) is 19.9. The molecule has 31 heavy (non-hydrogen) atoms. The van der Waals surface area contributed by atoms with E-state index in [1.807, 2.05) is 23.9 Å². The highest BCUT2D eigenvalue weighted by atomic mass is 32.2. The molecule has 1 aromatic carbocycles. The molecule has 0 aliphatic carbocycles. The number of para-hydroxylation sites is 1. The predicted octanol–water partition coefficient (Wildman–Crippen LogP) is 2.49. The van der Waals surface area contributed by atoms with E-state index in [0.29, 0.717) is 4.75 Å². The summed E-state index contributed by atoms with van der Waals surface area (Å²) in [5, 5.41) is 7.12. The molecule has 0 saturated carbocycles. The molecule has 3 rings (SSSR count). The summed E-state index contributed by atoms with van der Waals surface area (Å²) in [6, 6.07) is 8.21. The van der Waals surface area contributed by atoms with Crippen LogP contribution in [-0.2, 0) is 20.9 Å². The van der Waals surface area contributed by atoms with Crippen LogP contribution in [0.4, 0.5) is 13.2 Å². The summed E-state index contributed by atoms with van der Waals surface area (Å²) in [6.07, 6.45) is -3.84. The number of carbonyl (C=O) groups excluding carboxylic acids is 1. The molecule has 2 heterocycles. The van der Waals surface area contributed by atoms with Gasteiger partial charge in [0.25, 0.3) is 0 Å². The molecule has 2 fully saturated rings. The first-order valence-electron chi connectivity index (χ1n) is 9.56. The van der Waals surface area contributed by atoms with Gasteiger partial charge in [0.1, 0.15) is 12.4 Å². The molecule has 2 aliphatic rings. The first-order chi connectivity index (χ1) is 14.5. The lowest BCUT2D eigenvalue weighted by Crippen LogP contribution is -2.58. The van der Waals surface area contributed by atoms with Crippen molar-refractivity contribution in [3.05, 3.63) is 29.8 Å². The summed E-state index contributed by atoms with van der Waals surface area (Å²) in [7, 11) is 5.25. The lowest BCUT2D eigenvalue weighted by molar-refractivity contribution is -0.192. The quantitative estimate of drug-likeness (QED) is 0.693. The summed E-state index contributed by atoms with van der Waals surface area (Å²) in [5.41, 5.74) is 1.24. The van der Waals surface area contributed by atoms with Gasteiger partial charge in [-0.3, -0.25) is 9.69 Å². The van der Waals surface area contributed by atoms with Gasteiger partial charge in [0, 0.05) is 49.8 Å². The third-order valence-corrected chi connectivity index (χ3v) is 6.54. The largest absolute Gasteiger partial charge is 0.496 e. The summed E-state index contributed by atoms with van der Waals surface area (Å²) in [4.78, 5) is 24.6. The third kappa shape index (κ3) is 7.29. The van der Waals surface area contributed by atoms with Gasteiger partial charge in [0.15, 0.2) is 0 Å². The molecule has 2 saturated heterocycles. The Morgan fingerprint density at radius 1 is 1.29 bits per heavy atom. The van der Waals surface area contributed by atoms with Gasteiger partial charge in [-0.15, -0.1) is 11.8 Å². The van der Waals surface area contributed by atoms with Crippen LogP contribution in [0.25, 0.3) is 0 Å². The lowest BCUT2D eigenvalue weighted by atomic mass is 9.92. The van der Waals surface area contributed by atoms with Gasteiger partial charge >= 0.3 is 12.1 Å². The number of hydrogen-bond donors (Lipinski definition) is 1. The van der Waals surface area contributed by atoms with Crippen molar-refractivity contribution >= 4 is 23.6 Å². The minimum atomic E-state index is -5.08. The Morgan fingerprint density at radius 2 is 1.90 bits per heavy atom. The molecule has 2 aliphatic heterocycles. The number of amides is 1. The van der Waals surface area contributed by atoms with Crippen LogP contribution in [0.1, 0.15) is 12.0 Å². The van der Waals surface area contributed by atoms with E-state index in [0.717, 1.165) is 37.6 Å². The Morgan fingerprint density at radius 3 is 2.45 bits per heavy atom. The fourth-order valence-corrected chi connectivity index (χ4v) is 5.01. The molecule has 174 valence electrons. The smallest absolute Gasteiger partial charge is 0.490 e. The average Bonchev–Trinajstić information content (AvgIpc) is 3.10. The molecule has 1 N–H and O–H groups in total. The number of likely N-dealkylation sites (N-methyl/N-ethyl adjacent to an activating group) is 1. The van der Waals surface area contributed by atoms with Gasteiger partial charge in [-0.1, -0.05) is 18.2 Å². The highest BCUT2D eigenvalue weighted by molar-refractivity contribution is 8.01. The molecular formula is C20H27F3N2O5S. The minimum absolute atomic E-state index is 0.0346. The van der Waals surface area contributed by atoms with Crippen molar-refractivity contribution in [2.45, 2.75) is 30.0 Å². The zero-order valence-electron chi connectivity index (χ0n) is 17.6. The Kier molecular flexibility index (Phi) is 8.61. The molecule has 11 heteroatoms. The van der Waals surface area contributed by atoms with Crippen LogP contribution in [0.2, 0.25) is 0 Å². The van der Waals surface area contributed by atoms with E-state index in [-0.39, 0.29) is 18.6 Å². The van der Waals surface area contributed by atoms with Gasteiger partial charge in [-0.05, 0) is 12.5 Å². The molecule has 1 amide bonds. The highest BCUT2D eigenvalue weighted by Crippen LogP contribution is 2.46. The minimum Gasteiger partial charge on any atom is -0.496 e. The number of hydrogen-bond acceptors (Lipinski definition) is 6. The van der Waals surface area contributed by atoms with Crippen LogP contribution < -0.4 is 4.74 Å². The highest BCUT2D eigenvalue weighted by Gasteiger charge is 2.49. The molecule has 0 bridgehead atoms. The van der Waals surface area contributed by atoms with Crippen LogP contribution in [0, 0.1) is 0 Å². The maximum Gasteiger partial charge on any atom is 0.490 e. The maximum atomic E-state index is 11.6. The van der Waals surface area contributed by atoms with E-state index < -0.39 is 12.1 Å². The number of ether oxygens (including phenoxy) is 2. The molecular weight excluding hydrogens is 437 g/mol. The van der Waals surface area contributed by atoms with E-state index in [1.54, 1.807) is 26.1 Å². The zero-order chi connectivity index (χ0) is 23.2. The van der Waals surface area contributed by atoms with Crippen molar-refractivity contribution in [1.29, 1.82) is 0 Å². The van der Waals surface area contributed by atoms with Crippen molar-refractivity contribution in [2.75, 3.05) is 46.7 Å². The third-order valence-electron chi connectivity index (χ3n) is 4.97. The lowest BCUT2D eigenvalue weighted by Gasteiger charge is -2.47. The van der Waals surface area contributed by atoms with Crippen LogP contribution in [0.5, 0.6) is 5.75 Å². The molecule has 0 radical (unpaired) electrons. The molecule has 0 aromatic heterocycles. The van der Waals surface area contributed by atoms with E-state index in [4.69, 9.17) is 19.4 Å². The van der Waals surface area contributed by atoms with Crippen molar-refractivity contribution in [3.8, 4) is 5.75 Å². The van der Waals surface area contributed by atoms with Gasteiger partial charge in [0.05, 0.1) is 13.2 Å². The van der Waals surface area contributed by atoms with Crippen molar-refractivity contribution < 1.29 is 37.3 Å². The second kappa shape index (κ2) is 10.6. The predicted molar refractivity (Wildman–Crippen MR) is 110 cm³/mol. The van der Waals surface area contributed by atoms with E-state index in [1.165, 1.54) is 5.56 Å². The number of carbonyl (C=O) groups is 2. The van der Waals surface area contributed by atoms with Crippen LogP contribution >= 0.6 is 11.8 Å². The van der Waals surface area contributed by atoms with Crippen molar-refractivity contribution in [1.82, 2.24) is 9.80 Å². The SMILES string of the molecule is COc1ccccc1CN1CC2(CC(OCC(=O)N(C)C)CS2)C1.O=C(O)C(F)(F)F. The first kappa shape index (κ1) is 25.3. The fraction of sp³-hybridized carbons (Fsp3) is 0.600. The van der Waals surface area contributed by atoms with Gasteiger partial charge in [-0.25, -0.2) is 4.79 Å². The Balaban J connectivity index is 0.000000423. The molecule has 1 unspecified atom stereocenters. The van der Waals surface area contributed by atoms with E-state index >= 15 is 0 Å². The summed E-state index contributed by atoms with van der Waals surface area (Å²) in [5.74, 6) is -0.774. The van der Waals surface area contributed by atoms with Crippen LogP contribution in [0.15, 0.2) is 24.3 Å². The number of rotatable bonds is 6. The first-order valence-corrected chi connectivity index (χ1v) is 10.5. The Hall–Kier alpha value is -1.98. The topological polar surface area (TPSA) is 79.3 Å². The number of carboxylic acids is 1. The van der Waals surface area contributed by atoms with E-state index in [2.05, 4.69) is 17.0 Å². The fourth-order valence-electron chi connectivity index (χ4n) is 3.40. The number of likely N-dealkylation sites (tertiary alicyclic amines) is 1. The number of benzene rings is 1. The van der Waals surface area contributed by atoms with Gasteiger partial charge in [0.2, 0.25) is 5.91 Å². The summed E-state index contributed by atoms with van der Waals surface area (Å²) in [6.45, 7) is 3.28.